The van der Waals surface area contributed by atoms with Crippen molar-refractivity contribution in [3.8, 4) is 0 Å². The predicted molar refractivity (Wildman–Crippen MR) is 95.5 cm³/mol. The van der Waals surface area contributed by atoms with Crippen LogP contribution in [0.2, 0.25) is 10.0 Å². The summed E-state index contributed by atoms with van der Waals surface area (Å²) in [4.78, 5) is 16.8. The van der Waals surface area contributed by atoms with E-state index in [-0.39, 0.29) is 12.5 Å². The predicted octanol–water partition coefficient (Wildman–Crippen LogP) is 4.04. The number of hydrogen-bond donors (Lipinski definition) is 2. The Morgan fingerprint density at radius 2 is 2.00 bits per heavy atom. The normalized spacial score (nSPS) is 12.3. The number of amides is 1. The topological polar surface area (TPSA) is 67.2 Å². The zero-order valence-corrected chi connectivity index (χ0v) is 14.3. The highest BCUT2D eigenvalue weighted by Crippen LogP contribution is 2.25. The summed E-state index contributed by atoms with van der Waals surface area (Å²) in [7, 11) is 0. The number of aromatic nitrogens is 2. The fraction of sp³-hybridized carbons (Fsp3) is 0.176. The smallest absolute Gasteiger partial charge is 0.244 e. The minimum Gasteiger partial charge on any atom is -0.385 e. The molecule has 1 unspecified atom stereocenters. The van der Waals surface area contributed by atoms with Gasteiger partial charge in [-0.05, 0) is 37.3 Å². The summed E-state index contributed by atoms with van der Waals surface area (Å²) in [6, 6.07) is 12.3. The highest BCUT2D eigenvalue weighted by molar-refractivity contribution is 6.42. The van der Waals surface area contributed by atoms with E-state index in [0.29, 0.717) is 21.6 Å². The van der Waals surface area contributed by atoms with Gasteiger partial charge in [0.1, 0.15) is 18.5 Å². The summed E-state index contributed by atoms with van der Waals surface area (Å²) in [5.74, 6) is 0.193. The van der Waals surface area contributed by atoms with Crippen LogP contribution in [0.15, 0.2) is 42.5 Å². The third kappa shape index (κ3) is 3.38. The Bertz CT molecular complexity index is 906. The average molecular weight is 364 g/mol. The number of hydrogen-bond acceptors (Lipinski definition) is 3. The molecule has 7 heteroatoms. The molecular weight excluding hydrogens is 349 g/mol. The molecule has 3 rings (SSSR count). The summed E-state index contributed by atoms with van der Waals surface area (Å²) in [6.45, 7) is 1.65. The SMILES string of the molecule is CC(O)c1nc2ccccc2n1CC(=O)Nc1ccc(Cl)c(Cl)c1. The van der Waals surface area contributed by atoms with Crippen molar-refractivity contribution in [1.29, 1.82) is 0 Å². The van der Waals surface area contributed by atoms with Crippen molar-refractivity contribution in [1.82, 2.24) is 9.55 Å². The second-order valence-corrected chi connectivity index (χ2v) is 6.21. The number of imidazole rings is 1. The first-order chi connectivity index (χ1) is 11.5. The van der Waals surface area contributed by atoms with Crippen molar-refractivity contribution < 1.29 is 9.90 Å². The lowest BCUT2D eigenvalue weighted by molar-refractivity contribution is -0.116. The van der Waals surface area contributed by atoms with Crippen molar-refractivity contribution in [2.45, 2.75) is 19.6 Å². The number of nitrogens with zero attached hydrogens (tertiary/aromatic N) is 2. The fourth-order valence-corrected chi connectivity index (χ4v) is 2.80. The summed E-state index contributed by atoms with van der Waals surface area (Å²) in [5.41, 5.74) is 2.07. The van der Waals surface area contributed by atoms with Crippen LogP contribution in [0.25, 0.3) is 11.0 Å². The highest BCUT2D eigenvalue weighted by atomic mass is 35.5. The molecule has 0 saturated carbocycles. The van der Waals surface area contributed by atoms with Crippen LogP contribution in [0, 0.1) is 0 Å². The molecule has 2 aromatic carbocycles. The number of benzene rings is 2. The second kappa shape index (κ2) is 6.81. The van der Waals surface area contributed by atoms with Gasteiger partial charge in [-0.15, -0.1) is 0 Å². The van der Waals surface area contributed by atoms with Gasteiger partial charge in [-0.3, -0.25) is 4.79 Å². The van der Waals surface area contributed by atoms with Gasteiger partial charge in [0.05, 0.1) is 21.1 Å². The molecule has 1 atom stereocenters. The van der Waals surface area contributed by atoms with E-state index in [9.17, 15) is 9.90 Å². The fourth-order valence-electron chi connectivity index (χ4n) is 2.50. The van der Waals surface area contributed by atoms with Crippen LogP contribution in [0.5, 0.6) is 0 Å². The first-order valence-electron chi connectivity index (χ1n) is 7.34. The number of para-hydroxylation sites is 2. The summed E-state index contributed by atoms with van der Waals surface area (Å²) < 4.78 is 1.70. The molecule has 0 aliphatic heterocycles. The molecule has 0 spiro atoms. The van der Waals surface area contributed by atoms with Crippen molar-refractivity contribution in [2.75, 3.05) is 5.32 Å². The van der Waals surface area contributed by atoms with E-state index in [0.717, 1.165) is 11.0 Å². The Morgan fingerprint density at radius 3 is 2.71 bits per heavy atom. The molecular formula is C17H15Cl2N3O2. The number of anilines is 1. The average Bonchev–Trinajstić information content (AvgIpc) is 2.90. The van der Waals surface area contributed by atoms with Crippen LogP contribution in [0.1, 0.15) is 18.9 Å². The molecule has 0 radical (unpaired) electrons. The second-order valence-electron chi connectivity index (χ2n) is 5.40. The number of carbonyl (C=O) groups is 1. The van der Waals surface area contributed by atoms with Gasteiger partial charge in [-0.25, -0.2) is 4.98 Å². The quantitative estimate of drug-likeness (QED) is 0.734. The maximum atomic E-state index is 12.4. The highest BCUT2D eigenvalue weighted by Gasteiger charge is 2.17. The standard InChI is InChI=1S/C17H15Cl2N3O2/c1-10(23)17-21-14-4-2-3-5-15(14)22(17)9-16(24)20-11-6-7-12(18)13(19)8-11/h2-8,10,23H,9H2,1H3,(H,20,24). The summed E-state index contributed by atoms with van der Waals surface area (Å²) in [6.07, 6.45) is -0.782. The molecule has 3 aromatic rings. The zero-order valence-electron chi connectivity index (χ0n) is 12.8. The van der Waals surface area contributed by atoms with Gasteiger partial charge in [-0.2, -0.15) is 0 Å². The lowest BCUT2D eigenvalue weighted by Gasteiger charge is -2.11. The number of rotatable bonds is 4. The van der Waals surface area contributed by atoms with Crippen LogP contribution < -0.4 is 5.32 Å². The molecule has 0 bridgehead atoms. The van der Waals surface area contributed by atoms with Gasteiger partial charge < -0.3 is 15.0 Å². The van der Waals surface area contributed by atoms with Crippen LogP contribution in [0.3, 0.4) is 0 Å². The van der Waals surface area contributed by atoms with E-state index in [4.69, 9.17) is 23.2 Å². The van der Waals surface area contributed by atoms with Crippen LogP contribution in [-0.2, 0) is 11.3 Å². The van der Waals surface area contributed by atoms with Crippen molar-refractivity contribution >= 4 is 45.8 Å². The van der Waals surface area contributed by atoms with E-state index in [1.165, 1.54) is 0 Å². The van der Waals surface area contributed by atoms with Crippen molar-refractivity contribution in [2.24, 2.45) is 0 Å². The van der Waals surface area contributed by atoms with E-state index in [1.807, 2.05) is 24.3 Å². The van der Waals surface area contributed by atoms with E-state index < -0.39 is 6.10 Å². The third-order valence-electron chi connectivity index (χ3n) is 3.56. The Balaban J connectivity index is 1.87. The lowest BCUT2D eigenvalue weighted by Crippen LogP contribution is -2.20. The summed E-state index contributed by atoms with van der Waals surface area (Å²) >= 11 is 11.8. The van der Waals surface area contributed by atoms with Gasteiger partial charge in [-0.1, -0.05) is 35.3 Å². The molecule has 24 heavy (non-hydrogen) atoms. The van der Waals surface area contributed by atoms with Gasteiger partial charge in [0, 0.05) is 5.69 Å². The Morgan fingerprint density at radius 1 is 1.25 bits per heavy atom. The number of halogens is 2. The van der Waals surface area contributed by atoms with Gasteiger partial charge in [0.15, 0.2) is 0 Å². The van der Waals surface area contributed by atoms with E-state index in [2.05, 4.69) is 10.3 Å². The van der Waals surface area contributed by atoms with Gasteiger partial charge in [0.25, 0.3) is 0 Å². The zero-order chi connectivity index (χ0) is 17.3. The monoisotopic (exact) mass is 363 g/mol. The molecule has 1 heterocycles. The Kier molecular flexibility index (Phi) is 4.76. The largest absolute Gasteiger partial charge is 0.385 e. The van der Waals surface area contributed by atoms with Gasteiger partial charge in [0.2, 0.25) is 5.91 Å². The maximum absolute atomic E-state index is 12.4. The first-order valence-corrected chi connectivity index (χ1v) is 8.09. The van der Waals surface area contributed by atoms with Crippen LogP contribution >= 0.6 is 23.2 Å². The molecule has 2 N–H and O–H groups in total. The van der Waals surface area contributed by atoms with E-state index >= 15 is 0 Å². The molecule has 5 nitrogen and oxygen atoms in total. The third-order valence-corrected chi connectivity index (χ3v) is 4.30. The van der Waals surface area contributed by atoms with Crippen molar-refractivity contribution in [3.63, 3.8) is 0 Å². The maximum Gasteiger partial charge on any atom is 0.244 e. The van der Waals surface area contributed by atoms with Gasteiger partial charge >= 0.3 is 0 Å². The molecule has 0 fully saturated rings. The number of aliphatic hydroxyl groups excluding tert-OH is 1. The Labute approximate surface area is 148 Å². The Hall–Kier alpha value is -2.08. The molecule has 1 aromatic heterocycles. The van der Waals surface area contributed by atoms with Crippen molar-refractivity contribution in [3.05, 3.63) is 58.3 Å². The summed E-state index contributed by atoms with van der Waals surface area (Å²) in [5, 5.41) is 13.5. The minimum absolute atomic E-state index is 0.0288. The minimum atomic E-state index is -0.782. The molecule has 0 aliphatic carbocycles. The molecule has 0 saturated heterocycles. The van der Waals surface area contributed by atoms with Crippen LogP contribution in [-0.4, -0.2) is 20.6 Å². The van der Waals surface area contributed by atoms with E-state index in [1.54, 1.807) is 29.7 Å². The molecule has 1 amide bonds. The molecule has 0 aliphatic rings. The number of carbonyl (C=O) groups excluding carboxylic acids is 1. The first kappa shape index (κ1) is 16.8. The number of fused-ring (bicyclic) bond motifs is 1. The van der Waals surface area contributed by atoms with Crippen LogP contribution in [0.4, 0.5) is 5.69 Å². The lowest BCUT2D eigenvalue weighted by atomic mass is 10.3. The molecule has 124 valence electrons. The number of aliphatic hydroxyl groups is 1. The number of nitrogens with one attached hydrogen (secondary N) is 1.